The first-order valence-corrected chi connectivity index (χ1v) is 10.4. The fraction of sp³-hybridized carbons (Fsp3) is 0.591. The Hall–Kier alpha value is -1.32. The number of halogens is 1. The summed E-state index contributed by atoms with van der Waals surface area (Å²) in [6.07, 6.45) is 10.0. The van der Waals surface area contributed by atoms with Gasteiger partial charge in [0.1, 0.15) is 0 Å². The lowest BCUT2D eigenvalue weighted by molar-refractivity contribution is -0.126. The van der Waals surface area contributed by atoms with Crippen molar-refractivity contribution in [3.63, 3.8) is 0 Å². The van der Waals surface area contributed by atoms with Crippen LogP contribution in [0.15, 0.2) is 35.9 Å². The van der Waals surface area contributed by atoms with Gasteiger partial charge in [0.05, 0.1) is 0 Å². The van der Waals surface area contributed by atoms with Gasteiger partial charge < -0.3 is 9.80 Å². The largest absolute Gasteiger partial charge is 0.342 e. The Labute approximate surface area is 163 Å². The van der Waals surface area contributed by atoms with Crippen molar-refractivity contribution < 1.29 is 4.79 Å². The summed E-state index contributed by atoms with van der Waals surface area (Å²) in [5, 5.41) is 0.803. The molecule has 0 spiro atoms. The van der Waals surface area contributed by atoms with Crippen LogP contribution < -0.4 is 0 Å². The maximum absolute atomic E-state index is 12.6. The molecular formula is C22H31ClN2O. The van der Waals surface area contributed by atoms with Gasteiger partial charge in [0.25, 0.3) is 0 Å². The third kappa shape index (κ3) is 5.59. The van der Waals surface area contributed by atoms with Crippen molar-refractivity contribution >= 4 is 17.5 Å². The molecular weight excluding hydrogens is 344 g/mol. The van der Waals surface area contributed by atoms with Gasteiger partial charge >= 0.3 is 0 Å². The molecule has 1 aliphatic carbocycles. The van der Waals surface area contributed by atoms with Crippen LogP contribution in [0.25, 0.3) is 0 Å². The molecule has 3 nitrogen and oxygen atoms in total. The fourth-order valence-electron chi connectivity index (χ4n) is 4.08. The molecule has 1 aromatic carbocycles. The Morgan fingerprint density at radius 3 is 2.58 bits per heavy atom. The Kier molecular flexibility index (Phi) is 7.15. The van der Waals surface area contributed by atoms with E-state index in [2.05, 4.69) is 23.1 Å². The second kappa shape index (κ2) is 9.57. The van der Waals surface area contributed by atoms with Crippen molar-refractivity contribution in [1.82, 2.24) is 9.80 Å². The van der Waals surface area contributed by atoms with Crippen LogP contribution in [0.2, 0.25) is 5.02 Å². The molecule has 0 saturated carbocycles. The van der Waals surface area contributed by atoms with Gasteiger partial charge in [-0.2, -0.15) is 0 Å². The lowest BCUT2D eigenvalue weighted by Gasteiger charge is -2.34. The van der Waals surface area contributed by atoms with E-state index in [0.29, 0.717) is 5.92 Å². The summed E-state index contributed by atoms with van der Waals surface area (Å²) in [4.78, 5) is 17.1. The van der Waals surface area contributed by atoms with Crippen molar-refractivity contribution in [3.8, 4) is 0 Å². The number of piperidine rings is 1. The van der Waals surface area contributed by atoms with E-state index in [1.165, 1.54) is 24.8 Å². The molecule has 3 rings (SSSR count). The van der Waals surface area contributed by atoms with Gasteiger partial charge in [-0.3, -0.25) is 4.79 Å². The monoisotopic (exact) mass is 374 g/mol. The molecule has 1 aliphatic heterocycles. The predicted octanol–water partition coefficient (Wildman–Crippen LogP) is 4.55. The number of likely N-dealkylation sites (N-methyl/N-ethyl adjacent to an activating group) is 1. The van der Waals surface area contributed by atoms with E-state index in [1.807, 2.05) is 24.1 Å². The zero-order chi connectivity index (χ0) is 18.4. The Balaban J connectivity index is 1.38. The highest BCUT2D eigenvalue weighted by Crippen LogP contribution is 2.22. The second-order valence-corrected chi connectivity index (χ2v) is 8.26. The van der Waals surface area contributed by atoms with Crippen LogP contribution in [0, 0.1) is 5.92 Å². The molecule has 1 fully saturated rings. The van der Waals surface area contributed by atoms with Crippen molar-refractivity contribution in [2.24, 2.45) is 5.92 Å². The lowest BCUT2D eigenvalue weighted by atomic mass is 9.94. The first-order valence-electron chi connectivity index (χ1n) is 10.0. The molecule has 1 amide bonds. The van der Waals surface area contributed by atoms with E-state index < -0.39 is 0 Å². The van der Waals surface area contributed by atoms with E-state index in [9.17, 15) is 4.79 Å². The van der Waals surface area contributed by atoms with Crippen LogP contribution >= 0.6 is 11.6 Å². The number of allylic oxidation sites excluding steroid dienone is 1. The minimum absolute atomic E-state index is 0.259. The molecule has 1 heterocycles. The van der Waals surface area contributed by atoms with E-state index in [4.69, 9.17) is 11.6 Å². The van der Waals surface area contributed by atoms with E-state index >= 15 is 0 Å². The third-order valence-corrected chi connectivity index (χ3v) is 6.03. The first-order chi connectivity index (χ1) is 12.6. The third-order valence-electron chi connectivity index (χ3n) is 5.78. The van der Waals surface area contributed by atoms with Crippen LogP contribution in [0.5, 0.6) is 0 Å². The number of carbonyl (C=O) groups is 1. The number of rotatable bonds is 6. The van der Waals surface area contributed by atoms with Gasteiger partial charge in [0, 0.05) is 30.7 Å². The average Bonchev–Trinajstić information content (AvgIpc) is 2.68. The Morgan fingerprint density at radius 2 is 1.92 bits per heavy atom. The summed E-state index contributed by atoms with van der Waals surface area (Å²) in [6.45, 7) is 4.29. The SMILES string of the molecule is CN(CC1CCN(CCc2ccc(Cl)cc2)CC1)C(=O)C1=CCCCC1. The van der Waals surface area contributed by atoms with E-state index in [-0.39, 0.29) is 5.91 Å². The average molecular weight is 375 g/mol. The number of hydrogen-bond acceptors (Lipinski definition) is 2. The molecule has 2 aliphatic rings. The van der Waals surface area contributed by atoms with Crippen molar-refractivity contribution in [1.29, 1.82) is 0 Å². The van der Waals surface area contributed by atoms with Crippen molar-refractivity contribution in [2.75, 3.05) is 33.2 Å². The summed E-state index contributed by atoms with van der Waals surface area (Å²) in [5.41, 5.74) is 2.39. The molecule has 26 heavy (non-hydrogen) atoms. The molecule has 0 atom stereocenters. The normalized spacial score (nSPS) is 19.2. The maximum atomic E-state index is 12.6. The smallest absolute Gasteiger partial charge is 0.249 e. The van der Waals surface area contributed by atoms with Crippen molar-refractivity contribution in [2.45, 2.75) is 44.9 Å². The zero-order valence-electron chi connectivity index (χ0n) is 15.9. The number of likely N-dealkylation sites (tertiary alicyclic amines) is 1. The maximum Gasteiger partial charge on any atom is 0.249 e. The van der Waals surface area contributed by atoms with Crippen LogP contribution in [0.3, 0.4) is 0 Å². The van der Waals surface area contributed by atoms with Crippen LogP contribution in [-0.2, 0) is 11.2 Å². The lowest BCUT2D eigenvalue weighted by Crippen LogP contribution is -2.40. The number of carbonyl (C=O) groups excluding carboxylic acids is 1. The molecule has 1 saturated heterocycles. The molecule has 0 aromatic heterocycles. The van der Waals surface area contributed by atoms with Gasteiger partial charge in [0.2, 0.25) is 5.91 Å². The quantitative estimate of drug-likeness (QED) is 0.729. The summed E-state index contributed by atoms with van der Waals surface area (Å²) in [5.74, 6) is 0.898. The number of benzene rings is 1. The summed E-state index contributed by atoms with van der Waals surface area (Å²) < 4.78 is 0. The molecule has 0 bridgehead atoms. The minimum atomic E-state index is 0.259. The van der Waals surface area contributed by atoms with E-state index in [0.717, 1.165) is 62.5 Å². The highest BCUT2D eigenvalue weighted by atomic mass is 35.5. The molecule has 1 aromatic rings. The Morgan fingerprint density at radius 1 is 1.19 bits per heavy atom. The van der Waals surface area contributed by atoms with Gasteiger partial charge in [-0.1, -0.05) is 29.8 Å². The van der Waals surface area contributed by atoms with Gasteiger partial charge in [0.15, 0.2) is 0 Å². The van der Waals surface area contributed by atoms with Gasteiger partial charge in [-0.25, -0.2) is 0 Å². The van der Waals surface area contributed by atoms with Crippen LogP contribution in [-0.4, -0.2) is 48.9 Å². The Bertz CT molecular complexity index is 618. The van der Waals surface area contributed by atoms with Crippen LogP contribution in [0.1, 0.15) is 44.1 Å². The molecule has 142 valence electrons. The van der Waals surface area contributed by atoms with Crippen molar-refractivity contribution in [3.05, 3.63) is 46.5 Å². The number of hydrogen-bond donors (Lipinski definition) is 0. The summed E-state index contributed by atoms with van der Waals surface area (Å²) in [6, 6.07) is 8.18. The molecule has 0 radical (unpaired) electrons. The highest BCUT2D eigenvalue weighted by molar-refractivity contribution is 6.30. The van der Waals surface area contributed by atoms with Crippen LogP contribution in [0.4, 0.5) is 0 Å². The van der Waals surface area contributed by atoms with Gasteiger partial charge in [-0.15, -0.1) is 0 Å². The molecule has 4 heteroatoms. The number of amides is 1. The standard InChI is InChI=1S/C22H31ClN2O/c1-24(22(26)20-5-3-2-4-6-20)17-19-12-15-25(16-13-19)14-11-18-7-9-21(23)10-8-18/h5,7-10,19H,2-4,6,11-17H2,1H3. The molecule has 0 N–H and O–H groups in total. The number of nitrogens with zero attached hydrogens (tertiary/aromatic N) is 2. The summed E-state index contributed by atoms with van der Waals surface area (Å²) >= 11 is 5.95. The zero-order valence-corrected chi connectivity index (χ0v) is 16.7. The summed E-state index contributed by atoms with van der Waals surface area (Å²) in [7, 11) is 1.98. The van der Waals surface area contributed by atoms with Gasteiger partial charge in [-0.05, 0) is 81.6 Å². The topological polar surface area (TPSA) is 23.6 Å². The fourth-order valence-corrected chi connectivity index (χ4v) is 4.20. The minimum Gasteiger partial charge on any atom is -0.342 e. The highest BCUT2D eigenvalue weighted by Gasteiger charge is 2.23. The molecule has 0 unspecified atom stereocenters. The second-order valence-electron chi connectivity index (χ2n) is 7.82. The van der Waals surface area contributed by atoms with E-state index in [1.54, 1.807) is 0 Å². The first kappa shape index (κ1) is 19.4. The predicted molar refractivity (Wildman–Crippen MR) is 109 cm³/mol.